The zero-order chi connectivity index (χ0) is 15.3. The van der Waals surface area contributed by atoms with Gasteiger partial charge in [0.15, 0.2) is 0 Å². The van der Waals surface area contributed by atoms with Gasteiger partial charge in [0.05, 0.1) is 6.61 Å². The van der Waals surface area contributed by atoms with Crippen molar-refractivity contribution in [3.05, 3.63) is 77.5 Å². The quantitative estimate of drug-likeness (QED) is 0.673. The molecule has 0 unspecified atom stereocenters. The van der Waals surface area contributed by atoms with E-state index in [-0.39, 0.29) is 6.61 Å². The van der Waals surface area contributed by atoms with E-state index in [0.29, 0.717) is 0 Å². The lowest BCUT2D eigenvalue weighted by atomic mass is 10.1. The highest BCUT2D eigenvalue weighted by atomic mass is 28.3. The molecule has 0 aromatic heterocycles. The predicted molar refractivity (Wildman–Crippen MR) is 93.3 cm³/mol. The van der Waals surface area contributed by atoms with Gasteiger partial charge >= 0.3 is 0 Å². The summed E-state index contributed by atoms with van der Waals surface area (Å²) in [5.74, 6) is 0. The molecule has 0 heterocycles. The molecule has 0 atom stereocenters. The first-order valence-electron chi connectivity index (χ1n) is 7.25. The summed E-state index contributed by atoms with van der Waals surface area (Å²) >= 11 is 0. The highest BCUT2D eigenvalue weighted by Gasteiger charge is 2.29. The van der Waals surface area contributed by atoms with E-state index < -0.39 is 8.07 Å². The second-order valence-electron chi connectivity index (χ2n) is 5.76. The summed E-state index contributed by atoms with van der Waals surface area (Å²) in [6.45, 7) is 6.77. The summed E-state index contributed by atoms with van der Waals surface area (Å²) in [7, 11) is -1.84. The van der Waals surface area contributed by atoms with E-state index in [1.54, 1.807) is 6.08 Å². The van der Waals surface area contributed by atoms with E-state index in [9.17, 15) is 0 Å². The molecular formula is C19H22OSi. The van der Waals surface area contributed by atoms with Gasteiger partial charge < -0.3 is 5.11 Å². The van der Waals surface area contributed by atoms with Crippen LogP contribution in [0.15, 0.2) is 66.4 Å². The molecule has 1 nitrogen and oxygen atoms in total. The van der Waals surface area contributed by atoms with Crippen molar-refractivity contribution in [2.45, 2.75) is 20.0 Å². The van der Waals surface area contributed by atoms with Crippen molar-refractivity contribution in [3.63, 3.8) is 0 Å². The minimum Gasteiger partial charge on any atom is -0.392 e. The number of benzene rings is 2. The highest BCUT2D eigenvalue weighted by molar-refractivity contribution is 7.04. The molecule has 1 N–H and O–H groups in total. The molecule has 0 aliphatic heterocycles. The van der Waals surface area contributed by atoms with E-state index in [0.717, 1.165) is 0 Å². The summed E-state index contributed by atoms with van der Waals surface area (Å²) < 4.78 is 0. The number of aliphatic hydroxyl groups excluding tert-OH is 1. The van der Waals surface area contributed by atoms with Gasteiger partial charge in [-0.05, 0) is 23.8 Å². The van der Waals surface area contributed by atoms with E-state index in [1.807, 2.05) is 6.07 Å². The number of aliphatic hydroxyl groups is 1. The fourth-order valence-electron chi connectivity index (χ4n) is 2.49. The molecule has 2 rings (SSSR count). The number of rotatable bonds is 4. The first kappa shape index (κ1) is 15.5. The molecule has 0 radical (unpaired) electrons. The Bertz CT molecular complexity index is 648. The number of hydrogen-bond donors (Lipinski definition) is 1. The van der Waals surface area contributed by atoms with E-state index in [1.165, 1.54) is 21.5 Å². The SMILES string of the molecule is Cc1ccc(C(=C=CCO)[Si](C)(C)c2ccccc2)cc1. The van der Waals surface area contributed by atoms with Gasteiger partial charge in [-0.25, -0.2) is 0 Å². The van der Waals surface area contributed by atoms with Crippen LogP contribution >= 0.6 is 0 Å². The Kier molecular flexibility index (Phi) is 4.97. The van der Waals surface area contributed by atoms with Crippen LogP contribution in [0.5, 0.6) is 0 Å². The maximum atomic E-state index is 9.13. The average Bonchev–Trinajstić information content (AvgIpc) is 2.50. The van der Waals surface area contributed by atoms with Crippen LogP contribution in [-0.2, 0) is 0 Å². The summed E-state index contributed by atoms with van der Waals surface area (Å²) in [5, 5.41) is 11.7. The molecule has 0 saturated heterocycles. The lowest BCUT2D eigenvalue weighted by Crippen LogP contribution is -2.42. The molecular weight excluding hydrogens is 272 g/mol. The zero-order valence-electron chi connectivity index (χ0n) is 12.9. The predicted octanol–water partition coefficient (Wildman–Crippen LogP) is 3.68. The molecule has 0 spiro atoms. The number of hydrogen-bond acceptors (Lipinski definition) is 1. The topological polar surface area (TPSA) is 20.2 Å². The van der Waals surface area contributed by atoms with Crippen LogP contribution < -0.4 is 5.19 Å². The van der Waals surface area contributed by atoms with Gasteiger partial charge in [0, 0.05) is 0 Å². The molecule has 0 fully saturated rings. The van der Waals surface area contributed by atoms with Gasteiger partial charge in [-0.3, -0.25) is 0 Å². The van der Waals surface area contributed by atoms with Crippen molar-refractivity contribution in [1.82, 2.24) is 0 Å². The van der Waals surface area contributed by atoms with Gasteiger partial charge in [-0.15, -0.1) is 5.73 Å². The first-order valence-corrected chi connectivity index (χ1v) is 10.2. The largest absolute Gasteiger partial charge is 0.392 e. The molecule has 108 valence electrons. The van der Waals surface area contributed by atoms with Crippen molar-refractivity contribution in [2.24, 2.45) is 0 Å². The zero-order valence-corrected chi connectivity index (χ0v) is 13.9. The van der Waals surface area contributed by atoms with Crippen molar-refractivity contribution in [3.8, 4) is 0 Å². The maximum Gasteiger partial charge on any atom is 0.122 e. The minimum absolute atomic E-state index is 0.0225. The van der Waals surface area contributed by atoms with Crippen LogP contribution in [0.3, 0.4) is 0 Å². The Morgan fingerprint density at radius 3 is 2.24 bits per heavy atom. The fourth-order valence-corrected chi connectivity index (χ4v) is 5.16. The molecule has 0 bridgehead atoms. The molecule has 2 heteroatoms. The van der Waals surface area contributed by atoms with Gasteiger partial charge in [-0.1, -0.05) is 78.4 Å². The van der Waals surface area contributed by atoms with Gasteiger partial charge in [0.25, 0.3) is 0 Å². The molecule has 0 aliphatic carbocycles. The summed E-state index contributed by atoms with van der Waals surface area (Å²) in [5.41, 5.74) is 5.80. The third-order valence-electron chi connectivity index (χ3n) is 3.80. The Balaban J connectivity index is 2.56. The normalized spacial score (nSPS) is 10.9. The standard InChI is InChI=1S/C19H22OSi/c1-16-11-13-17(14-12-16)19(10-7-15-20)21(2,3)18-8-5-4-6-9-18/h4-9,11-14,20H,15H2,1-3H3. The third-order valence-corrected chi connectivity index (χ3v) is 7.26. The summed E-state index contributed by atoms with van der Waals surface area (Å²) in [4.78, 5) is 0. The van der Waals surface area contributed by atoms with Crippen molar-refractivity contribution < 1.29 is 5.11 Å². The molecule has 2 aromatic rings. The Morgan fingerprint density at radius 1 is 1.05 bits per heavy atom. The Labute approximate surface area is 128 Å². The maximum absolute atomic E-state index is 9.13. The lowest BCUT2D eigenvalue weighted by molar-refractivity contribution is 0.343. The minimum atomic E-state index is -1.84. The highest BCUT2D eigenvalue weighted by Crippen LogP contribution is 2.25. The first-order chi connectivity index (χ1) is 10.1. The van der Waals surface area contributed by atoms with Crippen LogP contribution in [0.25, 0.3) is 5.20 Å². The van der Waals surface area contributed by atoms with Gasteiger partial charge in [0.2, 0.25) is 0 Å². The Hall–Kier alpha value is -1.86. The van der Waals surface area contributed by atoms with E-state index in [2.05, 4.69) is 74.3 Å². The van der Waals surface area contributed by atoms with Crippen molar-refractivity contribution >= 4 is 18.5 Å². The van der Waals surface area contributed by atoms with Crippen LogP contribution in [0.1, 0.15) is 11.1 Å². The molecule has 0 saturated carbocycles. The monoisotopic (exact) mass is 294 g/mol. The third kappa shape index (κ3) is 3.62. The summed E-state index contributed by atoms with van der Waals surface area (Å²) in [6.07, 6.45) is 1.72. The Morgan fingerprint density at radius 2 is 1.67 bits per heavy atom. The van der Waals surface area contributed by atoms with E-state index >= 15 is 0 Å². The van der Waals surface area contributed by atoms with Crippen LogP contribution in [0.4, 0.5) is 0 Å². The molecule has 2 aromatic carbocycles. The van der Waals surface area contributed by atoms with Gasteiger partial charge in [0.1, 0.15) is 8.07 Å². The van der Waals surface area contributed by atoms with Crippen LogP contribution in [0, 0.1) is 6.92 Å². The second-order valence-corrected chi connectivity index (χ2v) is 10.1. The second kappa shape index (κ2) is 6.73. The summed E-state index contributed by atoms with van der Waals surface area (Å²) in [6, 6.07) is 19.2. The van der Waals surface area contributed by atoms with Crippen molar-refractivity contribution in [1.29, 1.82) is 0 Å². The fraction of sp³-hybridized carbons (Fsp3) is 0.211. The lowest BCUT2D eigenvalue weighted by Gasteiger charge is -2.25. The smallest absolute Gasteiger partial charge is 0.122 e. The molecule has 21 heavy (non-hydrogen) atoms. The molecule has 0 amide bonds. The van der Waals surface area contributed by atoms with E-state index in [4.69, 9.17) is 5.11 Å². The van der Waals surface area contributed by atoms with Crippen LogP contribution in [-0.4, -0.2) is 19.8 Å². The number of aryl methyl sites for hydroxylation is 1. The average molecular weight is 294 g/mol. The van der Waals surface area contributed by atoms with Crippen LogP contribution in [0.2, 0.25) is 13.1 Å². The molecule has 0 aliphatic rings. The van der Waals surface area contributed by atoms with Gasteiger partial charge in [-0.2, -0.15) is 0 Å². The van der Waals surface area contributed by atoms with Crippen molar-refractivity contribution in [2.75, 3.05) is 6.61 Å².